The van der Waals surface area contributed by atoms with Gasteiger partial charge in [0.15, 0.2) is 0 Å². The zero-order valence-corrected chi connectivity index (χ0v) is 7.34. The smallest absolute Gasteiger partial charge is 1.00 e. The van der Waals surface area contributed by atoms with Crippen LogP contribution in [0.25, 0.3) is 0 Å². The molecule has 0 aliphatic rings. The minimum absolute atomic E-state index is 0. The van der Waals surface area contributed by atoms with E-state index in [4.69, 9.17) is 15.0 Å². The van der Waals surface area contributed by atoms with Gasteiger partial charge in [-0.2, -0.15) is 0 Å². The number of hydrogen-bond acceptors (Lipinski definition) is 1. The molecular formula is CH8CaMgO4. The molecule has 6 heteroatoms. The average Bonchev–Trinajstić information content (AvgIpc) is 0.811. The fraction of sp³-hybridized carbons (Fsp3) is 0. The Labute approximate surface area is 92.3 Å². The Hall–Kier alpha value is 1.26. The molecule has 0 aromatic carbocycles. The summed E-state index contributed by atoms with van der Waals surface area (Å²) in [5.74, 6) is 0. The summed E-state index contributed by atoms with van der Waals surface area (Å²) in [7, 11) is 0. The van der Waals surface area contributed by atoms with E-state index in [-0.39, 0.29) is 72.0 Å². The standard InChI is InChI=1S/CH2O3.Ca.Mg.H2O.4H/c2-1(3)4;;;;;;;/h(H2,2,3,4);;;1H2;;;;/q;2*+2;;4*-1. The second-order valence-electron chi connectivity index (χ2n) is 0.283. The molecule has 0 aromatic rings. The molecule has 0 bridgehead atoms. The second kappa shape index (κ2) is 15.7. The van der Waals surface area contributed by atoms with Crippen molar-refractivity contribution < 1.29 is 26.2 Å². The molecule has 0 atom stereocenters. The summed E-state index contributed by atoms with van der Waals surface area (Å²) in [6, 6.07) is 0. The van der Waals surface area contributed by atoms with Crippen LogP contribution in [0.15, 0.2) is 0 Å². The molecule has 0 fully saturated rings. The summed E-state index contributed by atoms with van der Waals surface area (Å²) < 4.78 is 0. The van der Waals surface area contributed by atoms with Crippen LogP contribution in [0.5, 0.6) is 0 Å². The summed E-state index contributed by atoms with van der Waals surface area (Å²) in [6.07, 6.45) is -1.83. The topological polar surface area (TPSA) is 89.0 Å². The number of hydrogen-bond donors (Lipinski definition) is 2. The first-order valence-electron chi connectivity index (χ1n) is 0.651. The summed E-state index contributed by atoms with van der Waals surface area (Å²) in [5, 5.41) is 13.9. The molecule has 0 radical (unpaired) electrons. The van der Waals surface area contributed by atoms with Gasteiger partial charge in [-0.3, -0.25) is 0 Å². The number of rotatable bonds is 0. The maximum absolute atomic E-state index is 8.56. The van der Waals surface area contributed by atoms with Crippen molar-refractivity contribution in [1.29, 1.82) is 0 Å². The van der Waals surface area contributed by atoms with E-state index in [1.54, 1.807) is 0 Å². The first-order valence-corrected chi connectivity index (χ1v) is 0.651. The minimum atomic E-state index is -1.83. The van der Waals surface area contributed by atoms with E-state index in [1.807, 2.05) is 0 Å². The maximum Gasteiger partial charge on any atom is 2.00 e. The van der Waals surface area contributed by atoms with Crippen LogP contribution in [-0.4, -0.2) is 82.6 Å². The third-order valence-electron chi connectivity index (χ3n) is 0. The van der Waals surface area contributed by atoms with Gasteiger partial charge in [-0.05, 0) is 0 Å². The fourth-order valence-corrected chi connectivity index (χ4v) is 0. The molecule has 4 N–H and O–H groups in total. The van der Waals surface area contributed by atoms with Gasteiger partial charge < -0.3 is 21.4 Å². The van der Waals surface area contributed by atoms with E-state index in [1.165, 1.54) is 0 Å². The molecule has 0 rings (SSSR count). The van der Waals surface area contributed by atoms with Crippen molar-refractivity contribution in [2.24, 2.45) is 0 Å². The Bertz CT molecular complexity index is 45.1. The monoisotopic (exact) mass is 148 g/mol. The zero-order valence-electron chi connectivity index (χ0n) is 7.72. The molecule has 0 saturated carbocycles. The van der Waals surface area contributed by atoms with Crippen molar-refractivity contribution in [3.8, 4) is 0 Å². The van der Waals surface area contributed by atoms with Gasteiger partial charge in [-0.15, -0.1) is 0 Å². The molecule has 0 aromatic heterocycles. The Balaban J connectivity index is -0.00000000214. The molecule has 0 aliphatic carbocycles. The molecule has 0 spiro atoms. The van der Waals surface area contributed by atoms with Gasteiger partial charge in [0.2, 0.25) is 0 Å². The Morgan fingerprint density at radius 1 is 1.43 bits per heavy atom. The zero-order chi connectivity index (χ0) is 3.58. The average molecular weight is 148 g/mol. The van der Waals surface area contributed by atoms with Crippen LogP contribution >= 0.6 is 0 Å². The summed E-state index contributed by atoms with van der Waals surface area (Å²) in [4.78, 5) is 8.56. The Morgan fingerprint density at radius 2 is 1.43 bits per heavy atom. The second-order valence-corrected chi connectivity index (χ2v) is 0.283. The molecule has 0 unspecified atom stereocenters. The van der Waals surface area contributed by atoms with Gasteiger partial charge in [0.25, 0.3) is 0 Å². The molecule has 40 valence electrons. The molecule has 0 saturated heterocycles. The van der Waals surface area contributed by atoms with Crippen molar-refractivity contribution in [2.75, 3.05) is 0 Å². The SMILES string of the molecule is O.O=C(O)O.[Ca+2].[H-].[H-].[H-].[H-].[Mg+2]. The van der Waals surface area contributed by atoms with Gasteiger partial charge in [0.05, 0.1) is 0 Å². The van der Waals surface area contributed by atoms with Crippen LogP contribution < -0.4 is 0 Å². The van der Waals surface area contributed by atoms with Crippen molar-refractivity contribution in [3.63, 3.8) is 0 Å². The quantitative estimate of drug-likeness (QED) is 0.436. The van der Waals surface area contributed by atoms with E-state index in [0.717, 1.165) is 0 Å². The fourth-order valence-electron chi connectivity index (χ4n) is 0. The van der Waals surface area contributed by atoms with Gasteiger partial charge in [0, 0.05) is 0 Å². The van der Waals surface area contributed by atoms with Crippen molar-refractivity contribution in [3.05, 3.63) is 0 Å². The molecule has 7 heavy (non-hydrogen) atoms. The van der Waals surface area contributed by atoms with Gasteiger partial charge in [-0.1, -0.05) is 0 Å². The predicted octanol–water partition coefficient (Wildman–Crippen LogP) is -0.914. The Kier molecular flexibility index (Phi) is 53.7. The third-order valence-corrected chi connectivity index (χ3v) is 0. The maximum atomic E-state index is 8.56. The van der Waals surface area contributed by atoms with Crippen LogP contribution in [-0.2, 0) is 0 Å². The van der Waals surface area contributed by atoms with Crippen LogP contribution in [0.3, 0.4) is 0 Å². The Morgan fingerprint density at radius 3 is 1.43 bits per heavy atom. The van der Waals surface area contributed by atoms with E-state index in [9.17, 15) is 0 Å². The number of carbonyl (C=O) groups is 1. The van der Waals surface area contributed by atoms with E-state index in [0.29, 0.717) is 0 Å². The van der Waals surface area contributed by atoms with Crippen molar-refractivity contribution in [1.82, 2.24) is 0 Å². The summed E-state index contributed by atoms with van der Waals surface area (Å²) in [5.41, 5.74) is 0. The van der Waals surface area contributed by atoms with Crippen LogP contribution in [0, 0.1) is 0 Å². The normalized spacial score (nSPS) is 3.43. The predicted molar refractivity (Wildman–Crippen MR) is 30.2 cm³/mol. The van der Waals surface area contributed by atoms with Crippen LogP contribution in [0.2, 0.25) is 0 Å². The summed E-state index contributed by atoms with van der Waals surface area (Å²) >= 11 is 0. The van der Waals surface area contributed by atoms with Crippen LogP contribution in [0.1, 0.15) is 5.71 Å². The van der Waals surface area contributed by atoms with E-state index >= 15 is 0 Å². The van der Waals surface area contributed by atoms with Gasteiger partial charge >= 0.3 is 66.9 Å². The first-order chi connectivity index (χ1) is 1.73. The molecule has 0 aliphatic heterocycles. The molecular weight excluding hydrogens is 140 g/mol. The third kappa shape index (κ3) is 127. The molecule has 0 amide bonds. The van der Waals surface area contributed by atoms with E-state index in [2.05, 4.69) is 0 Å². The van der Waals surface area contributed by atoms with Gasteiger partial charge in [-0.25, -0.2) is 4.79 Å². The van der Waals surface area contributed by atoms with Crippen molar-refractivity contribution >= 4 is 66.9 Å². The van der Waals surface area contributed by atoms with Crippen LogP contribution in [0.4, 0.5) is 4.79 Å². The minimum Gasteiger partial charge on any atom is -1.00 e. The first kappa shape index (κ1) is 24.0. The van der Waals surface area contributed by atoms with E-state index < -0.39 is 6.16 Å². The largest absolute Gasteiger partial charge is 2.00 e. The molecule has 4 nitrogen and oxygen atoms in total. The molecule has 0 heterocycles. The summed E-state index contributed by atoms with van der Waals surface area (Å²) in [6.45, 7) is 0. The number of carboxylic acid groups (broad SMARTS) is 2. The van der Waals surface area contributed by atoms with Gasteiger partial charge in [0.1, 0.15) is 0 Å². The van der Waals surface area contributed by atoms with Crippen molar-refractivity contribution in [2.45, 2.75) is 0 Å².